The third-order valence-electron chi connectivity index (χ3n) is 2.37. The van der Waals surface area contributed by atoms with E-state index in [2.05, 4.69) is 9.27 Å². The summed E-state index contributed by atoms with van der Waals surface area (Å²) in [5.41, 5.74) is 5.74. The summed E-state index contributed by atoms with van der Waals surface area (Å²) in [6.07, 6.45) is 1.21. The molecule has 0 saturated carbocycles. The Morgan fingerprint density at radius 2 is 2.27 bits per heavy atom. The Hall–Kier alpha value is -0.620. The van der Waals surface area contributed by atoms with Gasteiger partial charge in [0.25, 0.3) is 0 Å². The third kappa shape index (κ3) is 2.31. The van der Waals surface area contributed by atoms with Crippen LogP contribution in [0.15, 0.2) is 0 Å². The molecule has 1 aliphatic rings. The van der Waals surface area contributed by atoms with Gasteiger partial charge in [-0.15, -0.1) is 0 Å². The zero-order valence-corrected chi connectivity index (χ0v) is 10.4. The molecule has 0 atom stereocenters. The lowest BCUT2D eigenvalue weighted by atomic mass is 10.4. The molecule has 4 nitrogen and oxygen atoms in total. The van der Waals surface area contributed by atoms with Crippen molar-refractivity contribution in [3.63, 3.8) is 0 Å². The maximum absolute atomic E-state index is 5.74. The molecule has 0 aliphatic carbocycles. The smallest absolute Gasteiger partial charge is 0.197 e. The second kappa shape index (κ2) is 4.94. The fourth-order valence-corrected chi connectivity index (χ4v) is 3.35. The molecule has 2 heterocycles. The monoisotopic (exact) mass is 245 g/mol. The van der Waals surface area contributed by atoms with Crippen molar-refractivity contribution in [1.29, 1.82) is 0 Å². The van der Waals surface area contributed by atoms with Crippen LogP contribution in [-0.2, 0) is 0 Å². The van der Waals surface area contributed by atoms with E-state index in [0.29, 0.717) is 5.82 Å². The Kier molecular flexibility index (Phi) is 3.58. The molecule has 1 aromatic rings. The van der Waals surface area contributed by atoms with Crippen LogP contribution in [0.2, 0.25) is 0 Å². The van der Waals surface area contributed by atoms with E-state index in [1.165, 1.54) is 29.5 Å². The van der Waals surface area contributed by atoms with E-state index in [4.69, 9.17) is 10.5 Å². The van der Waals surface area contributed by atoms with Crippen molar-refractivity contribution in [3.8, 4) is 5.75 Å². The highest BCUT2D eigenvalue weighted by molar-refractivity contribution is 7.99. The van der Waals surface area contributed by atoms with Crippen LogP contribution in [0.3, 0.4) is 0 Å². The molecule has 1 fully saturated rings. The molecular weight excluding hydrogens is 230 g/mol. The highest BCUT2D eigenvalue weighted by atomic mass is 32.2. The molecule has 0 amide bonds. The van der Waals surface area contributed by atoms with Crippen LogP contribution >= 0.6 is 23.3 Å². The first-order valence-corrected chi connectivity index (χ1v) is 6.87. The summed E-state index contributed by atoms with van der Waals surface area (Å²) in [6.45, 7) is 2.13. The Morgan fingerprint density at radius 3 is 3.07 bits per heavy atom. The first kappa shape index (κ1) is 10.9. The fraction of sp³-hybridized carbons (Fsp3) is 0.667. The van der Waals surface area contributed by atoms with E-state index < -0.39 is 0 Å². The number of rotatable bonds is 2. The highest BCUT2D eigenvalue weighted by Crippen LogP contribution is 2.38. The average molecular weight is 245 g/mol. The van der Waals surface area contributed by atoms with E-state index in [1.807, 2.05) is 11.8 Å². The third-order valence-corrected chi connectivity index (χ3v) is 4.32. The van der Waals surface area contributed by atoms with E-state index in [0.717, 1.165) is 23.8 Å². The van der Waals surface area contributed by atoms with Crippen LogP contribution in [0.25, 0.3) is 0 Å². The minimum atomic E-state index is 0.509. The fourth-order valence-electron chi connectivity index (χ4n) is 1.63. The van der Waals surface area contributed by atoms with Crippen LogP contribution in [0.4, 0.5) is 10.8 Å². The summed E-state index contributed by atoms with van der Waals surface area (Å²) in [5.74, 6) is 3.66. The summed E-state index contributed by atoms with van der Waals surface area (Å²) in [5, 5.41) is 1.08. The minimum Gasteiger partial charge on any atom is -0.490 e. The van der Waals surface area contributed by atoms with Crippen molar-refractivity contribution in [2.24, 2.45) is 0 Å². The summed E-state index contributed by atoms with van der Waals surface area (Å²) in [6, 6.07) is 0. The Labute approximate surface area is 98.0 Å². The second-order valence-corrected chi connectivity index (χ2v) is 5.34. The number of methoxy groups -OCH3 is 1. The van der Waals surface area contributed by atoms with Crippen molar-refractivity contribution in [2.75, 3.05) is 42.3 Å². The maximum Gasteiger partial charge on any atom is 0.197 e. The van der Waals surface area contributed by atoms with Gasteiger partial charge in [-0.25, -0.2) is 0 Å². The molecule has 2 N–H and O–H groups in total. The number of hydrogen-bond donors (Lipinski definition) is 1. The van der Waals surface area contributed by atoms with Crippen molar-refractivity contribution in [2.45, 2.75) is 6.42 Å². The number of anilines is 2. The van der Waals surface area contributed by atoms with Crippen molar-refractivity contribution < 1.29 is 4.74 Å². The van der Waals surface area contributed by atoms with Gasteiger partial charge in [0.2, 0.25) is 0 Å². The van der Waals surface area contributed by atoms with E-state index in [9.17, 15) is 0 Å². The SMILES string of the molecule is COc1c(N)nsc1N1CCCSCC1. The van der Waals surface area contributed by atoms with Crippen molar-refractivity contribution in [1.82, 2.24) is 4.37 Å². The van der Waals surface area contributed by atoms with Crippen LogP contribution < -0.4 is 15.4 Å². The number of nitrogen functional groups attached to an aromatic ring is 1. The van der Waals surface area contributed by atoms with Gasteiger partial charge >= 0.3 is 0 Å². The number of aromatic nitrogens is 1. The quantitative estimate of drug-likeness (QED) is 0.859. The lowest BCUT2D eigenvalue weighted by molar-refractivity contribution is 0.417. The molecule has 15 heavy (non-hydrogen) atoms. The zero-order valence-electron chi connectivity index (χ0n) is 8.73. The largest absolute Gasteiger partial charge is 0.490 e. The second-order valence-electron chi connectivity index (χ2n) is 3.36. The van der Waals surface area contributed by atoms with Gasteiger partial charge in [-0.2, -0.15) is 16.1 Å². The van der Waals surface area contributed by atoms with Crippen molar-refractivity contribution >= 4 is 34.1 Å². The van der Waals surface area contributed by atoms with E-state index >= 15 is 0 Å². The first-order chi connectivity index (χ1) is 7.33. The van der Waals surface area contributed by atoms with Crippen LogP contribution in [-0.4, -0.2) is 36.1 Å². The molecule has 1 aromatic heterocycles. The van der Waals surface area contributed by atoms with Gasteiger partial charge in [0.15, 0.2) is 16.6 Å². The molecule has 0 aromatic carbocycles. The van der Waals surface area contributed by atoms with Gasteiger partial charge in [-0.1, -0.05) is 0 Å². The summed E-state index contributed by atoms with van der Waals surface area (Å²) in [4.78, 5) is 2.33. The summed E-state index contributed by atoms with van der Waals surface area (Å²) < 4.78 is 9.42. The number of ether oxygens (including phenoxy) is 1. The maximum atomic E-state index is 5.74. The standard InChI is InChI=1S/C9H15N3OS2/c1-13-7-8(10)11-15-9(7)12-3-2-5-14-6-4-12/h2-6H2,1H3,(H2,10,11). The molecular formula is C9H15N3OS2. The Morgan fingerprint density at radius 1 is 1.40 bits per heavy atom. The number of nitrogens with zero attached hydrogens (tertiary/aromatic N) is 2. The van der Waals surface area contributed by atoms with Crippen molar-refractivity contribution in [3.05, 3.63) is 0 Å². The average Bonchev–Trinajstić information content (AvgIpc) is 2.48. The normalized spacial score (nSPS) is 17.5. The van der Waals surface area contributed by atoms with E-state index in [-0.39, 0.29) is 0 Å². The molecule has 0 radical (unpaired) electrons. The first-order valence-electron chi connectivity index (χ1n) is 4.94. The Bertz CT molecular complexity index is 321. The van der Waals surface area contributed by atoms with Gasteiger partial charge < -0.3 is 15.4 Å². The van der Waals surface area contributed by atoms with Gasteiger partial charge in [0.05, 0.1) is 7.11 Å². The topological polar surface area (TPSA) is 51.4 Å². The highest BCUT2D eigenvalue weighted by Gasteiger charge is 2.19. The van der Waals surface area contributed by atoms with Gasteiger partial charge in [0, 0.05) is 18.8 Å². The van der Waals surface area contributed by atoms with Gasteiger partial charge in [0.1, 0.15) is 0 Å². The molecule has 2 rings (SSSR count). The number of thioether (sulfide) groups is 1. The Balaban J connectivity index is 2.19. The predicted molar refractivity (Wildman–Crippen MR) is 67.2 cm³/mol. The molecule has 0 spiro atoms. The zero-order chi connectivity index (χ0) is 10.7. The lowest BCUT2D eigenvalue weighted by Crippen LogP contribution is -2.24. The predicted octanol–water partition coefficient (Wildman–Crippen LogP) is 1.68. The summed E-state index contributed by atoms with van der Waals surface area (Å²) >= 11 is 3.44. The molecule has 6 heteroatoms. The summed E-state index contributed by atoms with van der Waals surface area (Å²) in [7, 11) is 1.65. The van der Waals surface area contributed by atoms with Crippen LogP contribution in [0.5, 0.6) is 5.75 Å². The molecule has 0 unspecified atom stereocenters. The van der Waals surface area contributed by atoms with Gasteiger partial charge in [-0.3, -0.25) is 0 Å². The minimum absolute atomic E-state index is 0.509. The molecule has 0 bridgehead atoms. The van der Waals surface area contributed by atoms with Gasteiger partial charge in [-0.05, 0) is 23.7 Å². The number of nitrogens with two attached hydrogens (primary N) is 1. The molecule has 1 saturated heterocycles. The van der Waals surface area contributed by atoms with E-state index in [1.54, 1.807) is 7.11 Å². The molecule has 1 aliphatic heterocycles. The molecule has 84 valence electrons. The van der Waals surface area contributed by atoms with Crippen LogP contribution in [0, 0.1) is 0 Å². The van der Waals surface area contributed by atoms with Crippen LogP contribution in [0.1, 0.15) is 6.42 Å². The lowest BCUT2D eigenvalue weighted by Gasteiger charge is -2.20. The number of hydrogen-bond acceptors (Lipinski definition) is 6.